The smallest absolute Gasteiger partial charge is 0.189 e. The van der Waals surface area contributed by atoms with Crippen molar-refractivity contribution in [3.05, 3.63) is 164 Å². The molecule has 0 saturated heterocycles. The Morgan fingerprint density at radius 1 is 0.942 bits per heavy atom. The van der Waals surface area contributed by atoms with Gasteiger partial charge in [-0.15, -0.1) is 28.6 Å². The normalized spacial score (nSPS) is 33.7. The van der Waals surface area contributed by atoms with Gasteiger partial charge in [0.25, 0.3) is 0 Å². The number of hydrogen-bond donors (Lipinski definition) is 7. The first kappa shape index (κ1) is 55.9. The number of aromatic amines is 1. The lowest BCUT2D eigenvalue weighted by atomic mass is 9.46. The zero-order valence-corrected chi connectivity index (χ0v) is 51.2. The number of aliphatic hydroxyl groups excluding tert-OH is 1. The summed E-state index contributed by atoms with van der Waals surface area (Å²) in [4.78, 5) is 34.4. The van der Waals surface area contributed by atoms with Gasteiger partial charge >= 0.3 is 0 Å². The van der Waals surface area contributed by atoms with E-state index in [0.29, 0.717) is 30.8 Å². The van der Waals surface area contributed by atoms with E-state index < -0.39 is 22.5 Å². The van der Waals surface area contributed by atoms with Crippen LogP contribution < -0.4 is 16.4 Å². The summed E-state index contributed by atoms with van der Waals surface area (Å²) >= 11 is 3.30. The number of imidazole rings is 1. The molecule has 12 heteroatoms. The molecule has 4 fully saturated rings. The summed E-state index contributed by atoms with van der Waals surface area (Å²) in [7, 11) is 0. The Morgan fingerprint density at radius 3 is 2.62 bits per heavy atom. The fourth-order valence-electron chi connectivity index (χ4n) is 19.6. The third-order valence-electron chi connectivity index (χ3n) is 23.1. The molecule has 7 aliphatic carbocycles. The highest BCUT2D eigenvalue weighted by Gasteiger charge is 2.72. The second-order valence-electron chi connectivity index (χ2n) is 27.7. The number of anilines is 1. The number of hydrogen-bond acceptors (Lipinski definition) is 9. The van der Waals surface area contributed by atoms with Crippen molar-refractivity contribution in [2.45, 2.75) is 159 Å². The van der Waals surface area contributed by atoms with Crippen LogP contribution in [0.1, 0.15) is 175 Å². The van der Waals surface area contributed by atoms with Crippen LogP contribution in [0.3, 0.4) is 0 Å². The van der Waals surface area contributed by atoms with Crippen LogP contribution in [-0.2, 0) is 19.3 Å². The topological polar surface area (TPSA) is 169 Å². The van der Waals surface area contributed by atoms with Crippen LogP contribution >= 0.6 is 22.7 Å². The molecule has 4 saturated carbocycles. The molecule has 3 aromatic carbocycles. The number of aryl methyl sites for hydroxylation is 1. The molecule has 3 aromatic heterocycles. The van der Waals surface area contributed by atoms with Gasteiger partial charge < -0.3 is 36.7 Å². The van der Waals surface area contributed by atoms with Crippen LogP contribution in [0, 0.1) is 75.4 Å². The molecule has 442 valence electrons. The van der Waals surface area contributed by atoms with Crippen LogP contribution in [0.4, 0.5) is 5.69 Å². The number of aliphatic imine (C=N–C) groups is 1. The number of Topliss-reactive ketones (excluding diaryl/α,β-unsaturated/α-hetero) is 1. The zero-order chi connectivity index (χ0) is 58.5. The largest absolute Gasteiger partial charge is 0.507 e. The summed E-state index contributed by atoms with van der Waals surface area (Å²) < 4.78 is 0. The van der Waals surface area contributed by atoms with Crippen LogP contribution in [0.15, 0.2) is 115 Å². The Labute approximate surface area is 514 Å². The summed E-state index contributed by atoms with van der Waals surface area (Å²) in [6.07, 6.45) is 28.0. The van der Waals surface area contributed by atoms with Crippen molar-refractivity contribution in [3.8, 4) is 39.2 Å². The number of allylic oxidation sites excluding steroid dienone is 1. The summed E-state index contributed by atoms with van der Waals surface area (Å²) in [6, 6.07) is 27.6. The molecule has 2 aliphatic heterocycles. The van der Waals surface area contributed by atoms with Crippen LogP contribution in [0.25, 0.3) is 15.8 Å². The van der Waals surface area contributed by atoms with Crippen molar-refractivity contribution in [1.82, 2.24) is 15.3 Å². The van der Waals surface area contributed by atoms with E-state index in [1.165, 1.54) is 23.1 Å². The maximum atomic E-state index is 16.4. The number of phenols is 1. The van der Waals surface area contributed by atoms with Crippen molar-refractivity contribution in [3.63, 3.8) is 0 Å². The highest BCUT2D eigenvalue weighted by Crippen LogP contribution is 2.77. The van der Waals surface area contributed by atoms with Gasteiger partial charge in [-0.1, -0.05) is 116 Å². The van der Waals surface area contributed by atoms with Gasteiger partial charge in [-0.25, -0.2) is 9.98 Å². The van der Waals surface area contributed by atoms with E-state index in [9.17, 15) is 15.3 Å². The fraction of sp³-hybridized carbons (Fsp3) is 0.473. The van der Waals surface area contributed by atoms with E-state index in [1.54, 1.807) is 22.7 Å². The van der Waals surface area contributed by atoms with Crippen LogP contribution in [0.5, 0.6) is 5.75 Å². The van der Waals surface area contributed by atoms with E-state index in [1.807, 2.05) is 44.6 Å². The minimum atomic E-state index is -1.28. The molecule has 11 bridgehead atoms. The molecule has 15 rings (SSSR count). The van der Waals surface area contributed by atoms with Crippen LogP contribution in [-0.4, -0.2) is 67.4 Å². The predicted octanol–water partition coefficient (Wildman–Crippen LogP) is 13.7. The summed E-state index contributed by atoms with van der Waals surface area (Å²) in [5.41, 5.74) is 13.8. The Morgan fingerprint density at radius 2 is 1.79 bits per heavy atom. The maximum absolute atomic E-state index is 16.4. The number of benzene rings is 3. The number of H-pyrrole nitrogens is 1. The Hall–Kier alpha value is -6.67. The molecule has 3 spiro atoms. The number of carbonyl (C=O) groups excluding carboxylic acids is 1. The molecule has 0 radical (unpaired) electrons. The van der Waals surface area contributed by atoms with Crippen molar-refractivity contribution in [2.24, 2.45) is 62.5 Å². The van der Waals surface area contributed by atoms with E-state index in [-0.39, 0.29) is 83.0 Å². The number of nitrogens with one attached hydrogen (secondary N) is 3. The molecule has 10 nitrogen and oxygen atoms in total. The number of aromatic hydroxyl groups is 1. The molecular formula is C74H80N6O4S2. The summed E-state index contributed by atoms with van der Waals surface area (Å²) in [5, 5.41) is 45.4. The first-order valence-corrected chi connectivity index (χ1v) is 33.8. The molecule has 6 aromatic rings. The number of carbonyl (C=O) groups is 1. The minimum absolute atomic E-state index is 0.00997. The van der Waals surface area contributed by atoms with E-state index in [0.717, 1.165) is 131 Å². The Bertz CT molecular complexity index is 3830. The standard InChI is InChI=1S/C74H80N6O4S2/c1-3-12-50-22-26-60(85-50)61-27-28-62(86-61)69(83)57-31-34-72-33-30-56-67(73(42-74(56,57)41-72)32-11-16-48(73)40-81)54-24-23-51-47(37-64(72)80-70(75)78-49-17-8-5-9-18-49)36-59(82)52-25-29-63(79-68(51)52)71(2,84)38-46-15-10-19-53-65(54)45(21-20-44-13-6-4-7-14-44)35-55(66(46)53)58-39-76-43-77-58/h4,6-7,10,13-15,19,22,25-30,33,36,39,43,45,48-49,54-57,63-65,67,79,81-82,84H,5,8-9,11,16-18,20-21,31-32,34-35,37-38,40-42H2,1-2H3,(H,76,77)(H3,75,78,80). The molecule has 9 aliphatic rings. The predicted molar refractivity (Wildman–Crippen MR) is 345 cm³/mol. The average molecular weight is 1180 g/mol. The van der Waals surface area contributed by atoms with Gasteiger partial charge in [-0.2, -0.15) is 0 Å². The second kappa shape index (κ2) is 21.9. The average Bonchev–Trinajstić information content (AvgIpc) is 1.49. The number of thiophene rings is 2. The van der Waals surface area contributed by atoms with Crippen molar-refractivity contribution in [1.29, 1.82) is 0 Å². The molecule has 8 N–H and O–H groups in total. The maximum Gasteiger partial charge on any atom is 0.189 e. The van der Waals surface area contributed by atoms with E-state index in [2.05, 4.69) is 129 Å². The van der Waals surface area contributed by atoms with Gasteiger partial charge in [0.1, 0.15) is 5.75 Å². The van der Waals surface area contributed by atoms with Gasteiger partial charge in [0.15, 0.2) is 11.7 Å². The zero-order valence-electron chi connectivity index (χ0n) is 49.6. The molecular weight excluding hydrogens is 1100 g/mol. The first-order valence-electron chi connectivity index (χ1n) is 32.2. The van der Waals surface area contributed by atoms with Gasteiger partial charge in [-0.3, -0.25) is 4.79 Å². The second-order valence-corrected chi connectivity index (χ2v) is 29.8. The van der Waals surface area contributed by atoms with Crippen molar-refractivity contribution >= 4 is 46.2 Å². The quantitative estimate of drug-likeness (QED) is 0.0234. The number of aliphatic hydroxyl groups is 2. The lowest BCUT2D eigenvalue weighted by molar-refractivity contribution is -0.0195. The molecule has 5 heterocycles. The van der Waals surface area contributed by atoms with Gasteiger partial charge in [-0.05, 0) is 184 Å². The van der Waals surface area contributed by atoms with Gasteiger partial charge in [0.2, 0.25) is 0 Å². The van der Waals surface area contributed by atoms with E-state index in [4.69, 9.17) is 10.7 Å². The number of aromatic nitrogens is 2. The number of nitrogens with zero attached hydrogens (tertiary/aromatic N) is 2. The van der Waals surface area contributed by atoms with E-state index >= 15 is 4.79 Å². The summed E-state index contributed by atoms with van der Waals surface area (Å²) in [6.45, 7) is 3.90. The number of rotatable bonds is 10. The summed E-state index contributed by atoms with van der Waals surface area (Å²) in [5.74, 6) is 15.1. The lowest BCUT2D eigenvalue weighted by Crippen LogP contribution is -2.54. The number of ketones is 1. The molecule has 86 heavy (non-hydrogen) atoms. The lowest BCUT2D eigenvalue weighted by Gasteiger charge is -2.57. The molecule has 14 atom stereocenters. The van der Waals surface area contributed by atoms with Crippen molar-refractivity contribution in [2.75, 3.05) is 11.9 Å². The van der Waals surface area contributed by atoms with Gasteiger partial charge in [0.05, 0.1) is 45.0 Å². The van der Waals surface area contributed by atoms with Crippen molar-refractivity contribution < 1.29 is 20.1 Å². The number of phenolic OH excluding ortho intramolecular Hbond substituents is 1. The third kappa shape index (κ3) is 9.28. The third-order valence-corrected chi connectivity index (χ3v) is 25.4. The molecule has 14 unspecified atom stereocenters. The van der Waals surface area contributed by atoms with Crippen LogP contribution in [0.2, 0.25) is 0 Å². The first-order chi connectivity index (χ1) is 41.9. The Kier molecular flexibility index (Phi) is 14.2. The fourth-order valence-corrected chi connectivity index (χ4v) is 21.6. The highest BCUT2D eigenvalue weighted by atomic mass is 32.1. The Balaban J connectivity index is 0.994. The number of guanidine groups is 1. The number of nitrogens with two attached hydrogens (primary N) is 1. The van der Waals surface area contributed by atoms with Gasteiger partial charge in [0, 0.05) is 75.4 Å². The highest BCUT2D eigenvalue weighted by molar-refractivity contribution is 7.23. The monoisotopic (exact) mass is 1180 g/mol. The molecule has 0 amide bonds. The number of fused-ring (bicyclic) bond motifs is 5. The minimum Gasteiger partial charge on any atom is -0.507 e. The SMILES string of the molecule is CC#Cc1ccc(-c2ccc(C(=O)C3CCC45C=CC6C(C7C#Cc8c(cc(O)c9c8NC(C=C9)C(C)(O)Cc8cccc9c8C(c8cnc[nH]8)CC(CCc8ccccc8)C97)CC4N=C(N)NC4CCCCC4)C4(CCCC4CO)CC36C5)s2)s1.